The van der Waals surface area contributed by atoms with Gasteiger partial charge in [0.1, 0.15) is 18.4 Å². The minimum Gasteiger partial charge on any atom is -0.356 e. The molecule has 3 aliphatic rings. The van der Waals surface area contributed by atoms with Gasteiger partial charge in [-0.2, -0.15) is 31.2 Å². The molecule has 5 rings (SSSR count). The molecule has 2 aliphatic heterocycles. The first-order chi connectivity index (χ1) is 15.0. The second-order valence-electron chi connectivity index (χ2n) is 8.53. The van der Waals surface area contributed by atoms with Crippen molar-refractivity contribution in [2.45, 2.75) is 44.6 Å². The Morgan fingerprint density at radius 3 is 2.28 bits per heavy atom. The number of benzene rings is 2. The van der Waals surface area contributed by atoms with E-state index in [1.807, 2.05) is 19.1 Å². The highest BCUT2D eigenvalue weighted by molar-refractivity contribution is 6.28. The Balaban J connectivity index is 1.67. The van der Waals surface area contributed by atoms with Crippen LogP contribution in [0, 0.1) is 12.8 Å². The smallest absolute Gasteiger partial charge is 0.356 e. The quantitative estimate of drug-likeness (QED) is 0.443. The summed E-state index contributed by atoms with van der Waals surface area (Å²) >= 11 is 0. The average molecular weight is 453 g/mol. The Morgan fingerprint density at radius 1 is 0.969 bits per heavy atom. The molecule has 9 heteroatoms. The Bertz CT molecular complexity index is 1180. The lowest BCUT2D eigenvalue weighted by atomic mass is 9.90. The van der Waals surface area contributed by atoms with E-state index in [1.54, 1.807) is 6.07 Å². The van der Waals surface area contributed by atoms with Crippen LogP contribution in [0.5, 0.6) is 0 Å². The maximum Gasteiger partial charge on any atom is 0.495 e. The highest BCUT2D eigenvalue weighted by atomic mass is 19.4. The number of fused-ring (bicyclic) bond motifs is 3. The summed E-state index contributed by atoms with van der Waals surface area (Å²) in [6.07, 6.45) is -9.31. The van der Waals surface area contributed by atoms with Crippen molar-refractivity contribution in [3.05, 3.63) is 64.2 Å². The summed E-state index contributed by atoms with van der Waals surface area (Å²) in [7, 11) is 0. The highest BCUT2D eigenvalue weighted by Crippen LogP contribution is 2.50. The fourth-order valence-electron chi connectivity index (χ4n) is 4.60. The summed E-state index contributed by atoms with van der Waals surface area (Å²) in [5.41, 5.74) is 1.74. The van der Waals surface area contributed by atoms with Gasteiger partial charge in [0, 0.05) is 5.56 Å². The van der Waals surface area contributed by atoms with Gasteiger partial charge < -0.3 is 4.74 Å². The third kappa shape index (κ3) is 3.31. The van der Waals surface area contributed by atoms with E-state index in [1.165, 1.54) is 0 Å². The predicted octanol–water partition coefficient (Wildman–Crippen LogP) is 5.50. The van der Waals surface area contributed by atoms with Crippen molar-refractivity contribution >= 4 is 17.4 Å². The number of nitrogens with zero attached hydrogens (tertiary/aromatic N) is 2. The third-order valence-electron chi connectivity index (χ3n) is 6.42. The molecule has 2 unspecified atom stereocenters. The number of ether oxygens (including phenoxy) is 1. The SMILES string of the molecule is Cc1c(C2CC2C)cccc1[C@H]1OCC2=[N+]=C(C(F)(F)F)N2c2ccc(C(F)(F)F)cc21. The lowest BCUT2D eigenvalue weighted by Gasteiger charge is -2.24. The Labute approximate surface area is 180 Å². The zero-order valence-corrected chi connectivity index (χ0v) is 17.2. The van der Waals surface area contributed by atoms with Gasteiger partial charge in [0.2, 0.25) is 0 Å². The third-order valence-corrected chi connectivity index (χ3v) is 6.42. The lowest BCUT2D eigenvalue weighted by molar-refractivity contribution is -0.137. The molecular weight excluding hydrogens is 434 g/mol. The van der Waals surface area contributed by atoms with Gasteiger partial charge in [0.25, 0.3) is 0 Å². The molecule has 0 amide bonds. The summed E-state index contributed by atoms with van der Waals surface area (Å²) in [4.78, 5) is 0.859. The monoisotopic (exact) mass is 453 g/mol. The Kier molecular flexibility index (Phi) is 4.52. The molecule has 0 N–H and O–H groups in total. The van der Waals surface area contributed by atoms with Crippen molar-refractivity contribution in [1.82, 2.24) is 4.67 Å². The molecule has 1 fully saturated rings. The number of halogens is 6. The zero-order valence-electron chi connectivity index (χ0n) is 17.2. The molecule has 2 heterocycles. The van der Waals surface area contributed by atoms with E-state index < -0.39 is 29.9 Å². The maximum absolute atomic E-state index is 13.5. The first-order valence-electron chi connectivity index (χ1n) is 10.2. The van der Waals surface area contributed by atoms with Gasteiger partial charge in [-0.05, 0) is 60.1 Å². The Hall–Kier alpha value is -2.77. The molecule has 0 aromatic heterocycles. The van der Waals surface area contributed by atoms with Crippen molar-refractivity contribution in [2.24, 2.45) is 5.92 Å². The number of rotatable bonds is 2. The number of alkyl halides is 6. The molecule has 1 aliphatic carbocycles. The minimum absolute atomic E-state index is 0.00224. The summed E-state index contributed by atoms with van der Waals surface area (Å²) in [6, 6.07) is 8.33. The van der Waals surface area contributed by atoms with E-state index in [-0.39, 0.29) is 23.7 Å². The average Bonchev–Trinajstić information content (AvgIpc) is 3.41. The Morgan fingerprint density at radius 2 is 1.66 bits per heavy atom. The first kappa shape index (κ1) is 21.1. The standard InChI is InChI=1S/C23H19F6N2O/c1-11-8-16(11)14-4-3-5-15(12(14)2)20-17-9-13(22(24,25)26)6-7-18(17)31-19(10-32-20)30-21(31)23(27,28)29/h3-7,9,11,16,20H,8,10H2,1-2H3/q+1/t11?,16?,20-/m1/s1. The van der Waals surface area contributed by atoms with E-state index in [2.05, 4.69) is 11.6 Å². The zero-order chi connectivity index (χ0) is 23.0. The molecule has 3 atom stereocenters. The molecule has 0 spiro atoms. The molecule has 0 saturated heterocycles. The van der Waals surface area contributed by atoms with E-state index in [0.29, 0.717) is 17.4 Å². The maximum atomic E-state index is 13.5. The summed E-state index contributed by atoms with van der Waals surface area (Å²) in [5, 5.41) is 0. The summed E-state index contributed by atoms with van der Waals surface area (Å²) < 4.78 is 90.2. The van der Waals surface area contributed by atoms with Gasteiger partial charge in [0.05, 0.1) is 5.56 Å². The molecule has 0 bridgehead atoms. The van der Waals surface area contributed by atoms with Gasteiger partial charge in [-0.15, -0.1) is 0 Å². The molecule has 0 radical (unpaired) electrons. The van der Waals surface area contributed by atoms with Gasteiger partial charge in [-0.25, -0.2) is 4.67 Å². The van der Waals surface area contributed by atoms with Crippen LogP contribution in [0.4, 0.5) is 32.0 Å². The van der Waals surface area contributed by atoms with E-state index in [0.717, 1.165) is 40.6 Å². The number of hydrogen-bond acceptors (Lipinski definition) is 2. The van der Waals surface area contributed by atoms with Crippen molar-refractivity contribution in [3.63, 3.8) is 0 Å². The van der Waals surface area contributed by atoms with Crippen molar-refractivity contribution < 1.29 is 31.1 Å². The van der Waals surface area contributed by atoms with Crippen LogP contribution < -0.4 is 9.57 Å². The first-order valence-corrected chi connectivity index (χ1v) is 10.2. The fraction of sp³-hybridized carbons (Fsp3) is 0.391. The van der Waals surface area contributed by atoms with Crippen LogP contribution in [0.25, 0.3) is 0 Å². The van der Waals surface area contributed by atoms with Crippen LogP contribution in [-0.2, 0) is 10.9 Å². The molecule has 2 aromatic carbocycles. The fourth-order valence-corrected chi connectivity index (χ4v) is 4.60. The van der Waals surface area contributed by atoms with Crippen molar-refractivity contribution in [1.29, 1.82) is 0 Å². The molecule has 168 valence electrons. The second-order valence-corrected chi connectivity index (χ2v) is 8.53. The van der Waals surface area contributed by atoms with E-state index in [9.17, 15) is 26.3 Å². The molecule has 3 nitrogen and oxygen atoms in total. The summed E-state index contributed by atoms with van der Waals surface area (Å²) in [6.45, 7) is 3.77. The number of hydrogen-bond donors (Lipinski definition) is 0. The molecular formula is C23H19F6N2O+. The van der Waals surface area contributed by atoms with Crippen LogP contribution in [0.15, 0.2) is 36.4 Å². The molecule has 2 aromatic rings. The van der Waals surface area contributed by atoms with Crippen LogP contribution in [0.3, 0.4) is 0 Å². The normalized spacial score (nSPS) is 24.6. The predicted molar refractivity (Wildman–Crippen MR) is 108 cm³/mol. The number of amidine groups is 2. The number of anilines is 1. The van der Waals surface area contributed by atoms with Gasteiger partial charge in [-0.1, -0.05) is 25.1 Å². The van der Waals surface area contributed by atoms with Crippen LogP contribution >= 0.6 is 0 Å². The van der Waals surface area contributed by atoms with Crippen LogP contribution in [0.2, 0.25) is 0 Å². The van der Waals surface area contributed by atoms with E-state index in [4.69, 9.17) is 4.74 Å². The van der Waals surface area contributed by atoms with Crippen molar-refractivity contribution in [3.8, 4) is 0 Å². The van der Waals surface area contributed by atoms with Gasteiger partial charge in [-0.3, -0.25) is 0 Å². The summed E-state index contributed by atoms with van der Waals surface area (Å²) in [5.74, 6) is -0.250. The minimum atomic E-state index is -4.73. The van der Waals surface area contributed by atoms with E-state index >= 15 is 0 Å². The largest absolute Gasteiger partial charge is 0.495 e. The van der Waals surface area contributed by atoms with Crippen molar-refractivity contribution in [2.75, 3.05) is 11.5 Å². The van der Waals surface area contributed by atoms with Crippen LogP contribution in [0.1, 0.15) is 53.2 Å². The second kappa shape index (κ2) is 6.86. The topological polar surface area (TPSA) is 26.6 Å². The lowest BCUT2D eigenvalue weighted by Crippen LogP contribution is -2.56. The van der Waals surface area contributed by atoms with Gasteiger partial charge in [0.15, 0.2) is 0 Å². The molecule has 1 saturated carbocycles. The van der Waals surface area contributed by atoms with Crippen LogP contribution in [-0.4, -0.2) is 24.5 Å². The molecule has 32 heavy (non-hydrogen) atoms. The van der Waals surface area contributed by atoms with Gasteiger partial charge >= 0.3 is 24.0 Å². The highest BCUT2D eigenvalue weighted by Gasteiger charge is 2.56.